The van der Waals surface area contributed by atoms with E-state index in [1.165, 1.54) is 11.1 Å². The Morgan fingerprint density at radius 1 is 0.976 bits per heavy atom. The van der Waals surface area contributed by atoms with E-state index in [0.717, 1.165) is 49.0 Å². The summed E-state index contributed by atoms with van der Waals surface area (Å²) in [5, 5.41) is 0. The molecule has 2 aromatic rings. The lowest BCUT2D eigenvalue weighted by atomic mass is 9.97. The molecular weight excluding hydrogens is 530 g/mol. The van der Waals surface area contributed by atoms with Crippen molar-refractivity contribution in [3.8, 4) is 17.2 Å². The molecule has 1 aliphatic rings. The van der Waals surface area contributed by atoms with Crippen LogP contribution >= 0.6 is 0 Å². The number of methoxy groups -OCH3 is 2. The van der Waals surface area contributed by atoms with Gasteiger partial charge in [-0.15, -0.1) is 0 Å². The average Bonchev–Trinajstić information content (AvgIpc) is 3.29. The monoisotopic (exact) mass is 577 g/mol. The van der Waals surface area contributed by atoms with E-state index in [0.29, 0.717) is 30.2 Å². The van der Waals surface area contributed by atoms with Gasteiger partial charge in [-0.25, -0.2) is 0 Å². The lowest BCUT2D eigenvalue weighted by Crippen LogP contribution is -2.30. The zero-order valence-corrected chi connectivity index (χ0v) is 26.2. The first-order chi connectivity index (χ1) is 20.2. The molecule has 2 aromatic carbocycles. The SMILES string of the molecule is C=CC(C)(CC/C=C(\C)CCC=C(C)C)Oc1cc(OCOC)cc2c1CN(CCc1ccc(OCOC)cc1)C2=O. The molecular formula is C35H47NO6. The van der Waals surface area contributed by atoms with Gasteiger partial charge in [0.05, 0.1) is 12.1 Å². The number of hydrogen-bond acceptors (Lipinski definition) is 6. The number of fused-ring (bicyclic) bond motifs is 1. The molecule has 1 amide bonds. The van der Waals surface area contributed by atoms with Crippen LogP contribution in [-0.4, -0.2) is 50.8 Å². The highest BCUT2D eigenvalue weighted by Gasteiger charge is 2.33. The highest BCUT2D eigenvalue weighted by molar-refractivity contribution is 5.99. The molecule has 0 N–H and O–H groups in total. The van der Waals surface area contributed by atoms with E-state index in [-0.39, 0.29) is 19.5 Å². The fourth-order valence-corrected chi connectivity index (χ4v) is 4.77. The van der Waals surface area contributed by atoms with Crippen LogP contribution in [0.4, 0.5) is 0 Å². The molecule has 0 saturated heterocycles. The molecule has 1 unspecified atom stereocenters. The second-order valence-electron chi connectivity index (χ2n) is 11.2. The zero-order valence-electron chi connectivity index (χ0n) is 26.2. The molecule has 42 heavy (non-hydrogen) atoms. The fraction of sp³-hybridized carbons (Fsp3) is 0.457. The molecule has 0 aliphatic carbocycles. The van der Waals surface area contributed by atoms with Crippen molar-refractivity contribution in [2.75, 3.05) is 34.4 Å². The molecule has 3 rings (SSSR count). The smallest absolute Gasteiger partial charge is 0.254 e. The van der Waals surface area contributed by atoms with Gasteiger partial charge in [0.2, 0.25) is 0 Å². The van der Waals surface area contributed by atoms with Gasteiger partial charge in [-0.1, -0.05) is 42.0 Å². The van der Waals surface area contributed by atoms with E-state index in [1.807, 2.05) is 48.2 Å². The minimum absolute atomic E-state index is 0.0343. The molecule has 7 heteroatoms. The molecule has 0 fully saturated rings. The van der Waals surface area contributed by atoms with Crippen LogP contribution in [0.2, 0.25) is 0 Å². The first kappa shape index (κ1) is 33.0. The Morgan fingerprint density at radius 3 is 2.31 bits per heavy atom. The van der Waals surface area contributed by atoms with E-state index >= 15 is 0 Å². The molecule has 0 saturated carbocycles. The number of nitrogens with zero attached hydrogens (tertiary/aromatic N) is 1. The van der Waals surface area contributed by atoms with Gasteiger partial charge in [0.25, 0.3) is 5.91 Å². The molecule has 0 spiro atoms. The highest BCUT2D eigenvalue weighted by atomic mass is 16.7. The lowest BCUT2D eigenvalue weighted by Gasteiger charge is -2.28. The van der Waals surface area contributed by atoms with Crippen LogP contribution in [0, 0.1) is 0 Å². The van der Waals surface area contributed by atoms with Crippen molar-refractivity contribution in [2.45, 2.75) is 71.9 Å². The summed E-state index contributed by atoms with van der Waals surface area (Å²) in [4.78, 5) is 15.4. The predicted molar refractivity (Wildman–Crippen MR) is 167 cm³/mol. The van der Waals surface area contributed by atoms with Gasteiger partial charge in [0.15, 0.2) is 13.6 Å². The summed E-state index contributed by atoms with van der Waals surface area (Å²) in [6.45, 7) is 13.9. The van der Waals surface area contributed by atoms with Crippen LogP contribution < -0.4 is 14.2 Å². The van der Waals surface area contributed by atoms with E-state index < -0.39 is 5.60 Å². The molecule has 228 valence electrons. The number of ether oxygens (including phenoxy) is 5. The largest absolute Gasteiger partial charge is 0.483 e. The number of hydrogen-bond donors (Lipinski definition) is 0. The Bertz CT molecular complexity index is 1240. The van der Waals surface area contributed by atoms with Crippen LogP contribution in [0.1, 0.15) is 74.9 Å². The van der Waals surface area contributed by atoms with Gasteiger partial charge in [-0.05, 0) is 89.6 Å². The van der Waals surface area contributed by atoms with Crippen LogP contribution in [-0.2, 0) is 22.4 Å². The van der Waals surface area contributed by atoms with Crippen molar-refractivity contribution < 1.29 is 28.5 Å². The van der Waals surface area contributed by atoms with Gasteiger partial charge >= 0.3 is 0 Å². The van der Waals surface area contributed by atoms with E-state index in [9.17, 15) is 4.79 Å². The zero-order chi connectivity index (χ0) is 30.5. The minimum atomic E-state index is -0.618. The summed E-state index contributed by atoms with van der Waals surface area (Å²) in [5.41, 5.74) is 4.69. The number of carbonyl (C=O) groups excluding carboxylic acids is 1. The molecule has 1 atom stereocenters. The maximum atomic E-state index is 13.5. The third kappa shape index (κ3) is 9.78. The second-order valence-corrected chi connectivity index (χ2v) is 11.2. The summed E-state index contributed by atoms with van der Waals surface area (Å²) in [6, 6.07) is 11.5. The number of carbonyl (C=O) groups is 1. The maximum absolute atomic E-state index is 13.5. The summed E-state index contributed by atoms with van der Waals surface area (Å²) in [6.07, 6.45) is 10.9. The molecule has 0 bridgehead atoms. The third-order valence-corrected chi connectivity index (χ3v) is 7.33. The molecule has 1 aliphatic heterocycles. The van der Waals surface area contributed by atoms with E-state index in [1.54, 1.807) is 20.3 Å². The minimum Gasteiger partial charge on any atom is -0.483 e. The summed E-state index contributed by atoms with van der Waals surface area (Å²) in [5.74, 6) is 1.89. The van der Waals surface area contributed by atoms with Crippen molar-refractivity contribution in [2.24, 2.45) is 0 Å². The Morgan fingerprint density at radius 2 is 1.67 bits per heavy atom. The number of benzene rings is 2. The fourth-order valence-electron chi connectivity index (χ4n) is 4.77. The summed E-state index contributed by atoms with van der Waals surface area (Å²) >= 11 is 0. The lowest BCUT2D eigenvalue weighted by molar-refractivity contribution is 0.0504. The molecule has 1 heterocycles. The summed E-state index contributed by atoms with van der Waals surface area (Å²) < 4.78 is 27.9. The Hall–Kier alpha value is -3.55. The Labute approximate surface area is 251 Å². The van der Waals surface area contributed by atoms with Gasteiger partial charge in [-0.3, -0.25) is 4.79 Å². The van der Waals surface area contributed by atoms with Crippen molar-refractivity contribution in [1.29, 1.82) is 0 Å². The molecule has 7 nitrogen and oxygen atoms in total. The van der Waals surface area contributed by atoms with Crippen molar-refractivity contribution in [3.63, 3.8) is 0 Å². The molecule has 0 aromatic heterocycles. The van der Waals surface area contributed by atoms with Crippen LogP contribution in [0.25, 0.3) is 0 Å². The van der Waals surface area contributed by atoms with Gasteiger partial charge < -0.3 is 28.6 Å². The van der Waals surface area contributed by atoms with Crippen molar-refractivity contribution in [3.05, 3.63) is 89.0 Å². The standard InChI is InChI=1S/C35H47NO6/c1-8-35(5,19-10-13-27(4)12-9-11-26(2)3)42-33-22-30(41-25-39-7)21-31-32(33)23-36(34(31)37)20-18-28-14-16-29(17-15-28)40-24-38-6/h8,11,13-17,21-22H,1,9-10,12,18-20,23-25H2,2-7H3/b27-13+. The topological polar surface area (TPSA) is 66.5 Å². The highest BCUT2D eigenvalue weighted by Crippen LogP contribution is 2.38. The van der Waals surface area contributed by atoms with Gasteiger partial charge in [0, 0.05) is 32.4 Å². The predicted octanol–water partition coefficient (Wildman–Crippen LogP) is 7.65. The van der Waals surface area contributed by atoms with Gasteiger partial charge in [-0.2, -0.15) is 0 Å². The third-order valence-electron chi connectivity index (χ3n) is 7.33. The number of allylic oxidation sites excluding steroid dienone is 4. The maximum Gasteiger partial charge on any atom is 0.254 e. The summed E-state index contributed by atoms with van der Waals surface area (Å²) in [7, 11) is 3.16. The van der Waals surface area contributed by atoms with Crippen LogP contribution in [0.15, 0.2) is 72.4 Å². The Balaban J connectivity index is 1.72. The van der Waals surface area contributed by atoms with Crippen LogP contribution in [0.3, 0.4) is 0 Å². The molecule has 0 radical (unpaired) electrons. The van der Waals surface area contributed by atoms with E-state index in [2.05, 4.69) is 39.5 Å². The Kier molecular flexibility index (Phi) is 12.7. The van der Waals surface area contributed by atoms with Gasteiger partial charge in [0.1, 0.15) is 22.8 Å². The number of rotatable bonds is 18. The van der Waals surface area contributed by atoms with Crippen molar-refractivity contribution in [1.82, 2.24) is 4.90 Å². The quantitative estimate of drug-likeness (QED) is 0.134. The average molecular weight is 578 g/mol. The van der Waals surface area contributed by atoms with E-state index in [4.69, 9.17) is 23.7 Å². The number of amides is 1. The first-order valence-corrected chi connectivity index (χ1v) is 14.6. The van der Waals surface area contributed by atoms with Crippen LogP contribution in [0.5, 0.6) is 17.2 Å². The second kappa shape index (κ2) is 16.2. The first-order valence-electron chi connectivity index (χ1n) is 14.6. The van der Waals surface area contributed by atoms with Crippen molar-refractivity contribution >= 4 is 5.91 Å². The normalized spacial score (nSPS) is 14.3.